The molecule has 3 rings (SSSR count). The molecule has 2 heterocycles. The standard InChI is InChI=1S/C15H15F3N6O/c16-15(17,18)11-3-1-2-4-12(11)20-13-9-19-22-14(21-13)24-7-5-23(10-25)6-8-24/h1-4,9-10H,5-8H2,(H,20,21,22). The molecule has 132 valence electrons. The Kier molecular flexibility index (Phi) is 4.68. The summed E-state index contributed by atoms with van der Waals surface area (Å²) >= 11 is 0. The number of hydrogen-bond donors (Lipinski definition) is 1. The van der Waals surface area contributed by atoms with Crippen molar-refractivity contribution < 1.29 is 18.0 Å². The molecule has 0 aliphatic carbocycles. The molecule has 1 N–H and O–H groups in total. The second-order valence-corrected chi connectivity index (χ2v) is 5.44. The van der Waals surface area contributed by atoms with Gasteiger partial charge >= 0.3 is 6.18 Å². The Labute approximate surface area is 141 Å². The summed E-state index contributed by atoms with van der Waals surface area (Å²) in [5, 5.41) is 10.4. The minimum atomic E-state index is -4.47. The number of halogens is 3. The number of benzene rings is 1. The first-order valence-corrected chi connectivity index (χ1v) is 7.54. The van der Waals surface area contributed by atoms with Crippen molar-refractivity contribution in [3.8, 4) is 0 Å². The van der Waals surface area contributed by atoms with Crippen molar-refractivity contribution in [2.45, 2.75) is 6.18 Å². The molecule has 0 spiro atoms. The van der Waals surface area contributed by atoms with Gasteiger partial charge in [0.05, 0.1) is 17.4 Å². The predicted molar refractivity (Wildman–Crippen MR) is 84.4 cm³/mol. The van der Waals surface area contributed by atoms with Crippen molar-refractivity contribution in [1.29, 1.82) is 0 Å². The maximum Gasteiger partial charge on any atom is 0.418 e. The molecular weight excluding hydrogens is 337 g/mol. The van der Waals surface area contributed by atoms with Crippen molar-refractivity contribution in [1.82, 2.24) is 20.1 Å². The maximum atomic E-state index is 13.1. The fourth-order valence-electron chi connectivity index (χ4n) is 2.49. The molecule has 1 aliphatic heterocycles. The van der Waals surface area contributed by atoms with E-state index >= 15 is 0 Å². The lowest BCUT2D eigenvalue weighted by Gasteiger charge is -2.32. The largest absolute Gasteiger partial charge is 0.418 e. The Hall–Kier alpha value is -2.91. The van der Waals surface area contributed by atoms with Crippen molar-refractivity contribution in [3.05, 3.63) is 36.0 Å². The Morgan fingerprint density at radius 2 is 1.84 bits per heavy atom. The lowest BCUT2D eigenvalue weighted by Crippen LogP contribution is -2.46. The highest BCUT2D eigenvalue weighted by Crippen LogP contribution is 2.35. The lowest BCUT2D eigenvalue weighted by atomic mass is 10.1. The fourth-order valence-corrected chi connectivity index (χ4v) is 2.49. The van der Waals surface area contributed by atoms with E-state index in [0.717, 1.165) is 12.5 Å². The first-order chi connectivity index (χ1) is 12.0. The molecule has 0 atom stereocenters. The van der Waals surface area contributed by atoms with Crippen molar-refractivity contribution >= 4 is 23.9 Å². The normalized spacial score (nSPS) is 15.2. The molecule has 0 bridgehead atoms. The Morgan fingerprint density at radius 3 is 2.52 bits per heavy atom. The summed E-state index contributed by atoms with van der Waals surface area (Å²) in [7, 11) is 0. The Bertz CT molecular complexity index is 746. The van der Waals surface area contributed by atoms with E-state index in [4.69, 9.17) is 0 Å². The van der Waals surface area contributed by atoms with E-state index in [1.165, 1.54) is 24.4 Å². The molecule has 1 aromatic heterocycles. The molecule has 1 saturated heterocycles. The Balaban J connectivity index is 1.78. The van der Waals surface area contributed by atoms with Gasteiger partial charge in [0.2, 0.25) is 12.4 Å². The minimum absolute atomic E-state index is 0.104. The third-order valence-corrected chi connectivity index (χ3v) is 3.79. The first-order valence-electron chi connectivity index (χ1n) is 7.54. The molecule has 1 aromatic carbocycles. The Morgan fingerprint density at radius 1 is 1.12 bits per heavy atom. The van der Waals surface area contributed by atoms with E-state index in [-0.39, 0.29) is 11.5 Å². The van der Waals surface area contributed by atoms with E-state index in [1.807, 2.05) is 4.90 Å². The average molecular weight is 352 g/mol. The molecule has 1 fully saturated rings. The number of rotatable bonds is 4. The lowest BCUT2D eigenvalue weighted by molar-refractivity contribution is -0.136. The summed E-state index contributed by atoms with van der Waals surface area (Å²) < 4.78 is 39.2. The second kappa shape index (κ2) is 6.91. The van der Waals surface area contributed by atoms with Crippen LogP contribution in [-0.2, 0) is 11.0 Å². The van der Waals surface area contributed by atoms with E-state index in [0.29, 0.717) is 32.1 Å². The van der Waals surface area contributed by atoms with Gasteiger partial charge in [-0.3, -0.25) is 4.79 Å². The predicted octanol–water partition coefficient (Wildman–Crippen LogP) is 1.91. The monoisotopic (exact) mass is 352 g/mol. The number of para-hydroxylation sites is 1. The second-order valence-electron chi connectivity index (χ2n) is 5.44. The number of carbonyl (C=O) groups is 1. The molecule has 0 radical (unpaired) electrons. The molecule has 0 unspecified atom stereocenters. The number of hydrogen-bond acceptors (Lipinski definition) is 6. The third kappa shape index (κ3) is 3.95. The zero-order valence-corrected chi connectivity index (χ0v) is 13.1. The minimum Gasteiger partial charge on any atom is -0.342 e. The maximum absolute atomic E-state index is 13.1. The van der Waals surface area contributed by atoms with Crippen LogP contribution in [0.1, 0.15) is 5.56 Å². The van der Waals surface area contributed by atoms with Crippen LogP contribution in [-0.4, -0.2) is 52.7 Å². The van der Waals surface area contributed by atoms with Crippen molar-refractivity contribution in [2.75, 3.05) is 36.4 Å². The summed E-state index contributed by atoms with van der Waals surface area (Å²) in [5.41, 5.74) is -0.887. The molecule has 2 aromatic rings. The van der Waals surface area contributed by atoms with Crippen molar-refractivity contribution in [2.24, 2.45) is 0 Å². The number of alkyl halides is 3. The average Bonchev–Trinajstić information content (AvgIpc) is 2.62. The van der Waals surface area contributed by atoms with Crippen LogP contribution < -0.4 is 10.2 Å². The zero-order chi connectivity index (χ0) is 17.9. The number of carbonyl (C=O) groups excluding carboxylic acids is 1. The van der Waals surface area contributed by atoms with E-state index in [9.17, 15) is 18.0 Å². The molecular formula is C15H15F3N6O. The topological polar surface area (TPSA) is 74.2 Å². The van der Waals surface area contributed by atoms with Crippen LogP contribution >= 0.6 is 0 Å². The van der Waals surface area contributed by atoms with Gasteiger partial charge in [-0.05, 0) is 12.1 Å². The number of piperazine rings is 1. The fraction of sp³-hybridized carbons (Fsp3) is 0.333. The van der Waals surface area contributed by atoms with Crippen LogP contribution in [0.4, 0.5) is 30.6 Å². The molecule has 10 heteroatoms. The van der Waals surface area contributed by atoms with Gasteiger partial charge in [0.25, 0.3) is 0 Å². The molecule has 25 heavy (non-hydrogen) atoms. The number of nitrogens with zero attached hydrogens (tertiary/aromatic N) is 5. The van der Waals surface area contributed by atoms with Gasteiger partial charge in [0.15, 0.2) is 5.82 Å². The van der Waals surface area contributed by atoms with E-state index < -0.39 is 11.7 Å². The van der Waals surface area contributed by atoms with Gasteiger partial charge in [-0.15, -0.1) is 5.10 Å². The van der Waals surface area contributed by atoms with Gasteiger partial charge in [0.1, 0.15) is 0 Å². The highest BCUT2D eigenvalue weighted by Gasteiger charge is 2.33. The van der Waals surface area contributed by atoms with E-state index in [1.54, 1.807) is 4.90 Å². The molecule has 7 nitrogen and oxygen atoms in total. The summed E-state index contributed by atoms with van der Waals surface area (Å²) in [6, 6.07) is 5.15. The number of amides is 1. The molecule has 1 amide bonds. The third-order valence-electron chi connectivity index (χ3n) is 3.79. The first kappa shape index (κ1) is 16.9. The van der Waals surface area contributed by atoms with Gasteiger partial charge in [-0.2, -0.15) is 23.3 Å². The zero-order valence-electron chi connectivity index (χ0n) is 13.1. The number of aromatic nitrogens is 3. The van der Waals surface area contributed by atoms with Crippen LogP contribution in [0.15, 0.2) is 30.5 Å². The van der Waals surface area contributed by atoms with Gasteiger partial charge in [-0.25, -0.2) is 0 Å². The highest BCUT2D eigenvalue weighted by atomic mass is 19.4. The summed E-state index contributed by atoms with van der Waals surface area (Å²) in [4.78, 5) is 18.4. The number of nitrogens with one attached hydrogen (secondary N) is 1. The van der Waals surface area contributed by atoms with Crippen molar-refractivity contribution in [3.63, 3.8) is 0 Å². The summed E-state index contributed by atoms with van der Waals surface area (Å²) in [6.45, 7) is 2.12. The van der Waals surface area contributed by atoms with Crippen LogP contribution in [0.25, 0.3) is 0 Å². The van der Waals surface area contributed by atoms with Crippen LogP contribution in [0.2, 0.25) is 0 Å². The quantitative estimate of drug-likeness (QED) is 0.848. The van der Waals surface area contributed by atoms with Crippen LogP contribution in [0.3, 0.4) is 0 Å². The van der Waals surface area contributed by atoms with Gasteiger partial charge in [0, 0.05) is 26.2 Å². The van der Waals surface area contributed by atoms with Crippen LogP contribution in [0.5, 0.6) is 0 Å². The highest BCUT2D eigenvalue weighted by molar-refractivity contribution is 5.61. The smallest absolute Gasteiger partial charge is 0.342 e. The van der Waals surface area contributed by atoms with Gasteiger partial charge in [-0.1, -0.05) is 12.1 Å². The van der Waals surface area contributed by atoms with Crippen LogP contribution in [0, 0.1) is 0 Å². The van der Waals surface area contributed by atoms with E-state index in [2.05, 4.69) is 20.5 Å². The molecule has 0 saturated carbocycles. The summed E-state index contributed by atoms with van der Waals surface area (Å²) in [6.07, 6.45) is -2.43. The molecule has 1 aliphatic rings. The summed E-state index contributed by atoms with van der Waals surface area (Å²) in [5.74, 6) is 0.472. The number of anilines is 3. The SMILES string of the molecule is O=CN1CCN(c2nncc(Nc3ccccc3C(F)(F)F)n2)CC1. The van der Waals surface area contributed by atoms with Gasteiger partial charge < -0.3 is 15.1 Å².